The third-order valence-corrected chi connectivity index (χ3v) is 5.85. The van der Waals surface area contributed by atoms with Crippen molar-refractivity contribution in [2.24, 2.45) is 0 Å². The molecule has 1 aliphatic heterocycles. The van der Waals surface area contributed by atoms with Crippen molar-refractivity contribution in [2.45, 2.75) is 59.2 Å². The summed E-state index contributed by atoms with van der Waals surface area (Å²) in [5, 5.41) is 10.9. The summed E-state index contributed by atoms with van der Waals surface area (Å²) < 4.78 is 2.22. The molecule has 176 valence electrons. The molecule has 0 fully saturated rings. The molecule has 3 aromatic rings. The Labute approximate surface area is 196 Å². The van der Waals surface area contributed by atoms with Crippen molar-refractivity contribution in [2.75, 3.05) is 30.9 Å². The van der Waals surface area contributed by atoms with Gasteiger partial charge in [0.1, 0.15) is 23.0 Å². The van der Waals surface area contributed by atoms with Crippen LogP contribution in [-0.2, 0) is 13.1 Å². The second-order valence-corrected chi connectivity index (χ2v) is 10.3. The molecule has 8 heteroatoms. The summed E-state index contributed by atoms with van der Waals surface area (Å²) in [5.74, 6) is 2.12. The van der Waals surface area contributed by atoms with Crippen molar-refractivity contribution in [1.29, 1.82) is 0 Å². The van der Waals surface area contributed by atoms with Gasteiger partial charge in [-0.15, -0.1) is 0 Å². The van der Waals surface area contributed by atoms with Crippen molar-refractivity contribution in [1.82, 2.24) is 24.6 Å². The third kappa shape index (κ3) is 4.74. The molecular weight excluding hydrogens is 414 g/mol. The van der Waals surface area contributed by atoms with E-state index in [1.165, 1.54) is 0 Å². The number of benzene rings is 1. The number of amides is 1. The normalized spacial score (nSPS) is 13.9. The van der Waals surface area contributed by atoms with Crippen LogP contribution in [0.3, 0.4) is 0 Å². The number of rotatable bonds is 5. The first kappa shape index (κ1) is 22.9. The number of carbonyl (C=O) groups excluding carboxylic acids is 1. The van der Waals surface area contributed by atoms with Crippen LogP contribution in [0.4, 0.5) is 11.5 Å². The summed E-state index contributed by atoms with van der Waals surface area (Å²) in [6.45, 7) is 12.4. The number of hydrogen-bond donors (Lipinski definition) is 2. The van der Waals surface area contributed by atoms with Gasteiger partial charge in [-0.05, 0) is 44.9 Å². The molecule has 0 saturated carbocycles. The van der Waals surface area contributed by atoms with Crippen LogP contribution in [0.1, 0.15) is 62.5 Å². The molecule has 1 aliphatic rings. The number of aromatic nitrogens is 4. The van der Waals surface area contributed by atoms with E-state index in [0.29, 0.717) is 31.2 Å². The Morgan fingerprint density at radius 1 is 1.15 bits per heavy atom. The second-order valence-electron chi connectivity index (χ2n) is 10.3. The molecule has 33 heavy (non-hydrogen) atoms. The Morgan fingerprint density at radius 2 is 1.85 bits per heavy atom. The first-order valence-corrected chi connectivity index (χ1v) is 11.5. The summed E-state index contributed by atoms with van der Waals surface area (Å²) in [6, 6.07) is 10.3. The molecular formula is C25H35N7O. The molecule has 0 saturated heterocycles. The first-order chi connectivity index (χ1) is 15.5. The molecule has 8 nitrogen and oxygen atoms in total. The van der Waals surface area contributed by atoms with Gasteiger partial charge in [0.05, 0.1) is 6.54 Å². The monoisotopic (exact) mass is 449 g/mol. The Hall–Kier alpha value is -3.29. The number of nitrogens with one attached hydrogen (secondary N) is 2. The zero-order valence-electron chi connectivity index (χ0n) is 20.7. The van der Waals surface area contributed by atoms with Crippen molar-refractivity contribution in [3.05, 3.63) is 47.5 Å². The van der Waals surface area contributed by atoms with Gasteiger partial charge in [-0.2, -0.15) is 5.10 Å². The van der Waals surface area contributed by atoms with Crippen molar-refractivity contribution < 1.29 is 4.79 Å². The van der Waals surface area contributed by atoms with Gasteiger partial charge in [0.2, 0.25) is 0 Å². The third-order valence-electron chi connectivity index (χ3n) is 5.85. The van der Waals surface area contributed by atoms with E-state index in [2.05, 4.69) is 83.9 Å². The van der Waals surface area contributed by atoms with Gasteiger partial charge in [0.15, 0.2) is 0 Å². The van der Waals surface area contributed by atoms with E-state index >= 15 is 0 Å². The summed E-state index contributed by atoms with van der Waals surface area (Å²) >= 11 is 0. The quantitative estimate of drug-likeness (QED) is 0.606. The predicted octanol–water partition coefficient (Wildman–Crippen LogP) is 4.33. The van der Waals surface area contributed by atoms with Crippen molar-refractivity contribution >= 4 is 17.4 Å². The zero-order valence-corrected chi connectivity index (χ0v) is 20.7. The van der Waals surface area contributed by atoms with E-state index in [-0.39, 0.29) is 11.4 Å². The number of anilines is 2. The molecule has 0 unspecified atom stereocenters. The lowest BCUT2D eigenvalue weighted by molar-refractivity contribution is 0.0702. The highest BCUT2D eigenvalue weighted by Gasteiger charge is 2.29. The molecule has 2 aromatic heterocycles. The molecule has 4 rings (SSSR count). The summed E-state index contributed by atoms with van der Waals surface area (Å²) in [4.78, 5) is 22.0. The number of fused-ring (bicyclic) bond motifs is 1. The average Bonchev–Trinajstić information content (AvgIpc) is 3.38. The van der Waals surface area contributed by atoms with Gasteiger partial charge in [-0.3, -0.25) is 9.89 Å². The van der Waals surface area contributed by atoms with Crippen LogP contribution >= 0.6 is 0 Å². The standard InChI is InChI=1S/C25H35N7O/c1-16(2)19-14-20(29-28-19)24(33)31-12-13-32-21(15-31)26-22(23(32)27-25(3,4)5)17-8-10-18(11-9-17)30(6)7/h8-11,14,16,27H,12-13,15H2,1-7H3,(H,28,29). The number of hydrogen-bond acceptors (Lipinski definition) is 5. The van der Waals surface area contributed by atoms with Gasteiger partial charge in [0.25, 0.3) is 5.91 Å². The van der Waals surface area contributed by atoms with Crippen molar-refractivity contribution in [3.63, 3.8) is 0 Å². The smallest absolute Gasteiger partial charge is 0.274 e. The second kappa shape index (κ2) is 8.57. The molecule has 0 aliphatic carbocycles. The molecule has 2 N–H and O–H groups in total. The SMILES string of the molecule is CC(C)c1cc(C(=O)N2CCn3c(nc(-c4ccc(N(C)C)cc4)c3NC(C)(C)C)C2)n[nH]1. The number of imidazole rings is 1. The summed E-state index contributed by atoms with van der Waals surface area (Å²) in [5.41, 5.74) is 4.43. The topological polar surface area (TPSA) is 82.1 Å². The maximum Gasteiger partial charge on any atom is 0.274 e. The van der Waals surface area contributed by atoms with Gasteiger partial charge < -0.3 is 19.7 Å². The first-order valence-electron chi connectivity index (χ1n) is 11.5. The largest absolute Gasteiger partial charge is 0.378 e. The highest BCUT2D eigenvalue weighted by atomic mass is 16.2. The highest BCUT2D eigenvalue weighted by Crippen LogP contribution is 2.34. The molecule has 0 radical (unpaired) electrons. The minimum absolute atomic E-state index is 0.0605. The minimum Gasteiger partial charge on any atom is -0.378 e. The predicted molar refractivity (Wildman–Crippen MR) is 133 cm³/mol. The van der Waals surface area contributed by atoms with Crippen LogP contribution in [0.15, 0.2) is 30.3 Å². The Balaban J connectivity index is 1.66. The van der Waals surface area contributed by atoms with E-state index in [1.807, 2.05) is 25.1 Å². The van der Waals surface area contributed by atoms with Crippen LogP contribution in [0.2, 0.25) is 0 Å². The van der Waals surface area contributed by atoms with Gasteiger partial charge in [-0.1, -0.05) is 26.0 Å². The lowest BCUT2D eigenvalue weighted by Crippen LogP contribution is -2.39. The number of carbonyl (C=O) groups is 1. The van der Waals surface area contributed by atoms with Crippen LogP contribution in [0.5, 0.6) is 0 Å². The van der Waals surface area contributed by atoms with Gasteiger partial charge >= 0.3 is 0 Å². The molecule has 0 bridgehead atoms. The van der Waals surface area contributed by atoms with E-state index in [4.69, 9.17) is 4.98 Å². The fourth-order valence-corrected chi connectivity index (χ4v) is 4.01. The van der Waals surface area contributed by atoms with E-state index in [9.17, 15) is 4.79 Å². The lowest BCUT2D eigenvalue weighted by Gasteiger charge is -2.30. The summed E-state index contributed by atoms with van der Waals surface area (Å²) in [6.07, 6.45) is 0. The van der Waals surface area contributed by atoms with E-state index in [1.54, 1.807) is 0 Å². The zero-order chi connectivity index (χ0) is 23.9. The molecule has 0 atom stereocenters. The van der Waals surface area contributed by atoms with Crippen LogP contribution in [-0.4, -0.2) is 56.7 Å². The van der Waals surface area contributed by atoms with Gasteiger partial charge in [-0.25, -0.2) is 4.98 Å². The average molecular weight is 450 g/mol. The lowest BCUT2D eigenvalue weighted by atomic mass is 10.1. The van der Waals surface area contributed by atoms with Crippen LogP contribution in [0.25, 0.3) is 11.3 Å². The highest BCUT2D eigenvalue weighted by molar-refractivity contribution is 5.92. The molecule has 1 aromatic carbocycles. The maximum atomic E-state index is 13.1. The maximum absolute atomic E-state index is 13.1. The molecule has 1 amide bonds. The Morgan fingerprint density at radius 3 is 2.42 bits per heavy atom. The van der Waals surface area contributed by atoms with E-state index < -0.39 is 0 Å². The molecule has 3 heterocycles. The number of H-pyrrole nitrogens is 1. The van der Waals surface area contributed by atoms with E-state index in [0.717, 1.165) is 34.3 Å². The fourth-order valence-electron chi connectivity index (χ4n) is 4.01. The number of aromatic amines is 1. The Kier molecular flexibility index (Phi) is 5.95. The minimum atomic E-state index is -0.121. The van der Waals surface area contributed by atoms with Crippen molar-refractivity contribution in [3.8, 4) is 11.3 Å². The summed E-state index contributed by atoms with van der Waals surface area (Å²) in [7, 11) is 4.07. The van der Waals surface area contributed by atoms with Gasteiger partial charge in [0, 0.05) is 49.7 Å². The molecule has 0 spiro atoms. The van der Waals surface area contributed by atoms with Crippen LogP contribution in [0, 0.1) is 0 Å². The fraction of sp³-hybridized carbons (Fsp3) is 0.480. The number of nitrogens with zero attached hydrogens (tertiary/aromatic N) is 5. The Bertz CT molecular complexity index is 1130. The van der Waals surface area contributed by atoms with Crippen LogP contribution < -0.4 is 10.2 Å².